The van der Waals surface area contributed by atoms with Crippen molar-refractivity contribution >= 4 is 17.7 Å². The number of rotatable bonds is 6. The van der Waals surface area contributed by atoms with Gasteiger partial charge in [-0.2, -0.15) is 0 Å². The van der Waals surface area contributed by atoms with Gasteiger partial charge in [0, 0.05) is 51.1 Å². The maximum absolute atomic E-state index is 13.6. The molecule has 34 heavy (non-hydrogen) atoms. The molecule has 0 bridgehead atoms. The largest absolute Gasteiger partial charge is 0.376 e. The number of piperidine rings is 1. The fraction of sp³-hybridized carbons (Fsp3) is 0.640. The zero-order chi connectivity index (χ0) is 24.3. The number of likely N-dealkylation sites (tertiary alicyclic amines) is 1. The zero-order valence-corrected chi connectivity index (χ0v) is 19.9. The average molecular weight is 476 g/mol. The van der Waals surface area contributed by atoms with Crippen molar-refractivity contribution in [2.75, 3.05) is 32.8 Å². The van der Waals surface area contributed by atoms with Gasteiger partial charge in [0.2, 0.25) is 11.8 Å². The molecule has 3 aliphatic rings. The Kier molecular flexibility index (Phi) is 7.52. The summed E-state index contributed by atoms with van der Waals surface area (Å²) in [5, 5.41) is 2.92. The molecule has 1 aromatic rings. The molecular weight excluding hydrogens is 441 g/mol. The van der Waals surface area contributed by atoms with Gasteiger partial charge in [0.05, 0.1) is 12.7 Å². The first kappa shape index (κ1) is 24.6. The Labute approximate surface area is 199 Å². The molecule has 1 aromatic carbocycles. The molecule has 3 fully saturated rings. The van der Waals surface area contributed by atoms with Gasteiger partial charge in [-0.05, 0) is 43.0 Å². The standard InChI is InChI=1S/C25H34FN3O5/c1-17(2)14-22(30)28-11-9-25(10-12-28)29(24(32)18-5-7-19(26)8-6-18)21(16-34-25)23(31)27-15-20-4-3-13-33-20/h5-8,17,20-21H,3-4,9-16H2,1-2H3,(H,27,31). The summed E-state index contributed by atoms with van der Waals surface area (Å²) in [5.74, 6) is -0.755. The number of amides is 3. The molecule has 1 N–H and O–H groups in total. The molecule has 3 heterocycles. The number of nitrogens with one attached hydrogen (secondary N) is 1. The van der Waals surface area contributed by atoms with Gasteiger partial charge < -0.3 is 19.7 Å². The molecule has 0 aliphatic carbocycles. The second kappa shape index (κ2) is 10.4. The fourth-order valence-corrected chi connectivity index (χ4v) is 5.02. The first-order chi connectivity index (χ1) is 16.3. The van der Waals surface area contributed by atoms with Crippen LogP contribution in [0.5, 0.6) is 0 Å². The van der Waals surface area contributed by atoms with E-state index in [1.807, 2.05) is 13.8 Å². The summed E-state index contributed by atoms with van der Waals surface area (Å²) in [4.78, 5) is 42.6. The Morgan fingerprint density at radius 3 is 2.50 bits per heavy atom. The molecule has 4 rings (SSSR count). The third-order valence-electron chi connectivity index (χ3n) is 6.88. The summed E-state index contributed by atoms with van der Waals surface area (Å²) in [6.07, 6.45) is 3.15. The summed E-state index contributed by atoms with van der Waals surface area (Å²) in [7, 11) is 0. The molecule has 1 spiro atoms. The second-order valence-electron chi connectivity index (χ2n) is 9.81. The lowest BCUT2D eigenvalue weighted by Crippen LogP contribution is -2.60. The number of ether oxygens (including phenoxy) is 2. The van der Waals surface area contributed by atoms with Crippen molar-refractivity contribution in [2.45, 2.75) is 63.8 Å². The predicted octanol–water partition coefficient (Wildman–Crippen LogP) is 2.33. The molecule has 0 aromatic heterocycles. The Bertz CT molecular complexity index is 892. The maximum atomic E-state index is 13.6. The van der Waals surface area contributed by atoms with Crippen molar-refractivity contribution < 1.29 is 28.2 Å². The number of benzene rings is 1. The van der Waals surface area contributed by atoms with E-state index in [1.165, 1.54) is 29.2 Å². The number of carbonyl (C=O) groups excluding carboxylic acids is 3. The van der Waals surface area contributed by atoms with Crippen LogP contribution >= 0.6 is 0 Å². The lowest BCUT2D eigenvalue weighted by molar-refractivity contribution is -0.144. The smallest absolute Gasteiger partial charge is 0.256 e. The highest BCUT2D eigenvalue weighted by atomic mass is 19.1. The third kappa shape index (κ3) is 5.25. The maximum Gasteiger partial charge on any atom is 0.256 e. The minimum Gasteiger partial charge on any atom is -0.376 e. The summed E-state index contributed by atoms with van der Waals surface area (Å²) in [6, 6.07) is 4.50. The highest BCUT2D eigenvalue weighted by molar-refractivity contribution is 5.98. The van der Waals surface area contributed by atoms with Crippen LogP contribution in [0.1, 0.15) is 56.3 Å². The minimum absolute atomic E-state index is 0.0170. The van der Waals surface area contributed by atoms with Gasteiger partial charge in [0.15, 0.2) is 0 Å². The number of nitrogens with zero attached hydrogens (tertiary/aromatic N) is 2. The van der Waals surface area contributed by atoms with Gasteiger partial charge in [-0.15, -0.1) is 0 Å². The second-order valence-corrected chi connectivity index (χ2v) is 9.81. The van der Waals surface area contributed by atoms with E-state index in [9.17, 15) is 18.8 Å². The Balaban J connectivity index is 1.52. The van der Waals surface area contributed by atoms with E-state index < -0.39 is 17.6 Å². The van der Waals surface area contributed by atoms with Crippen molar-refractivity contribution in [1.82, 2.24) is 15.1 Å². The topological polar surface area (TPSA) is 88.2 Å². The molecule has 2 atom stereocenters. The lowest BCUT2D eigenvalue weighted by Gasteiger charge is -2.44. The highest BCUT2D eigenvalue weighted by Crippen LogP contribution is 2.38. The molecule has 0 saturated carbocycles. The molecule has 0 radical (unpaired) electrons. The van der Waals surface area contributed by atoms with Crippen LogP contribution < -0.4 is 5.32 Å². The number of hydrogen-bond acceptors (Lipinski definition) is 5. The molecule has 2 unspecified atom stereocenters. The van der Waals surface area contributed by atoms with Gasteiger partial charge >= 0.3 is 0 Å². The van der Waals surface area contributed by atoms with Gasteiger partial charge in [-0.25, -0.2) is 4.39 Å². The van der Waals surface area contributed by atoms with E-state index in [0.29, 0.717) is 51.1 Å². The van der Waals surface area contributed by atoms with Crippen LogP contribution in [0.15, 0.2) is 24.3 Å². The van der Waals surface area contributed by atoms with Crippen molar-refractivity contribution in [3.05, 3.63) is 35.6 Å². The van der Waals surface area contributed by atoms with Crippen LogP contribution in [-0.2, 0) is 19.1 Å². The highest BCUT2D eigenvalue weighted by Gasteiger charge is 2.54. The molecule has 3 amide bonds. The molecule has 8 nitrogen and oxygen atoms in total. The van der Waals surface area contributed by atoms with E-state index in [0.717, 1.165) is 12.8 Å². The average Bonchev–Trinajstić information content (AvgIpc) is 3.46. The normalized spacial score (nSPS) is 24.1. The minimum atomic E-state index is -0.980. The summed E-state index contributed by atoms with van der Waals surface area (Å²) >= 11 is 0. The first-order valence-electron chi connectivity index (χ1n) is 12.2. The lowest BCUT2D eigenvalue weighted by atomic mass is 9.96. The van der Waals surface area contributed by atoms with Gasteiger partial charge in [0.25, 0.3) is 5.91 Å². The number of hydrogen-bond donors (Lipinski definition) is 1. The molecule has 3 aliphatic heterocycles. The number of carbonyl (C=O) groups is 3. The van der Waals surface area contributed by atoms with Crippen molar-refractivity contribution in [1.29, 1.82) is 0 Å². The summed E-state index contributed by atoms with van der Waals surface area (Å²) in [5.41, 5.74) is -0.687. The van der Waals surface area contributed by atoms with Crippen LogP contribution in [0.3, 0.4) is 0 Å². The van der Waals surface area contributed by atoms with E-state index in [2.05, 4.69) is 5.32 Å². The summed E-state index contributed by atoms with van der Waals surface area (Å²) < 4.78 is 25.2. The van der Waals surface area contributed by atoms with Gasteiger partial charge in [-0.3, -0.25) is 19.3 Å². The van der Waals surface area contributed by atoms with Crippen molar-refractivity contribution in [3.8, 4) is 0 Å². The van der Waals surface area contributed by atoms with Crippen LogP contribution in [0.2, 0.25) is 0 Å². The van der Waals surface area contributed by atoms with E-state index >= 15 is 0 Å². The van der Waals surface area contributed by atoms with E-state index in [-0.39, 0.29) is 36.4 Å². The van der Waals surface area contributed by atoms with Crippen LogP contribution in [0.4, 0.5) is 4.39 Å². The fourth-order valence-electron chi connectivity index (χ4n) is 5.02. The van der Waals surface area contributed by atoms with E-state index in [1.54, 1.807) is 4.90 Å². The monoisotopic (exact) mass is 475 g/mol. The van der Waals surface area contributed by atoms with Crippen molar-refractivity contribution in [3.63, 3.8) is 0 Å². The van der Waals surface area contributed by atoms with Crippen LogP contribution in [0, 0.1) is 11.7 Å². The quantitative estimate of drug-likeness (QED) is 0.682. The van der Waals surface area contributed by atoms with Crippen LogP contribution in [0.25, 0.3) is 0 Å². The van der Waals surface area contributed by atoms with E-state index in [4.69, 9.17) is 9.47 Å². The summed E-state index contributed by atoms with van der Waals surface area (Å²) in [6.45, 7) is 6.06. The van der Waals surface area contributed by atoms with Gasteiger partial charge in [-0.1, -0.05) is 13.8 Å². The van der Waals surface area contributed by atoms with Crippen molar-refractivity contribution in [2.24, 2.45) is 5.92 Å². The molecular formula is C25H34FN3O5. The molecule has 3 saturated heterocycles. The first-order valence-corrected chi connectivity index (χ1v) is 12.2. The van der Waals surface area contributed by atoms with Gasteiger partial charge in [0.1, 0.15) is 17.6 Å². The third-order valence-corrected chi connectivity index (χ3v) is 6.88. The SMILES string of the molecule is CC(C)CC(=O)N1CCC2(CC1)OCC(C(=O)NCC1CCCO1)N2C(=O)c1ccc(F)cc1. The Hall–Kier alpha value is -2.52. The Morgan fingerprint density at radius 2 is 1.88 bits per heavy atom. The molecule has 186 valence electrons. The van der Waals surface area contributed by atoms with Crippen LogP contribution in [-0.4, -0.2) is 78.2 Å². The molecule has 9 heteroatoms. The zero-order valence-electron chi connectivity index (χ0n) is 19.9. The number of halogens is 1. The predicted molar refractivity (Wildman–Crippen MR) is 122 cm³/mol. The Morgan fingerprint density at radius 1 is 1.18 bits per heavy atom.